The molecule has 2 aliphatic heterocycles. The van der Waals surface area contributed by atoms with E-state index in [1.54, 1.807) is 30.5 Å². The van der Waals surface area contributed by atoms with Gasteiger partial charge in [0.1, 0.15) is 22.9 Å². The van der Waals surface area contributed by atoms with Crippen molar-refractivity contribution in [2.24, 2.45) is 23.2 Å². The molecular formula is C50H57ClN6O7S. The van der Waals surface area contributed by atoms with Gasteiger partial charge in [-0.1, -0.05) is 75.8 Å². The number of hydrogen-bond donors (Lipinski definition) is 2. The van der Waals surface area contributed by atoms with Gasteiger partial charge in [0.25, 0.3) is 21.6 Å². The monoisotopic (exact) mass is 920 g/mol. The third kappa shape index (κ3) is 10.2. The predicted molar refractivity (Wildman–Crippen MR) is 253 cm³/mol. The molecule has 2 fully saturated rings. The Kier molecular flexibility index (Phi) is 12.7. The third-order valence-corrected chi connectivity index (χ3v) is 15.6. The second kappa shape index (κ2) is 18.4. The predicted octanol–water partition coefficient (Wildman–Crippen LogP) is 10.6. The average molecular weight is 922 g/mol. The van der Waals surface area contributed by atoms with E-state index >= 15 is 0 Å². The number of nitrogens with one attached hydrogen (secondary N) is 2. The summed E-state index contributed by atoms with van der Waals surface area (Å²) >= 11 is 6.25. The number of rotatable bonds is 12. The number of amides is 1. The fourth-order valence-corrected chi connectivity index (χ4v) is 11.3. The summed E-state index contributed by atoms with van der Waals surface area (Å²) in [5, 5.41) is 13.9. The lowest BCUT2D eigenvalue weighted by Gasteiger charge is -2.39. The highest BCUT2D eigenvalue weighted by Gasteiger charge is 2.34. The van der Waals surface area contributed by atoms with Gasteiger partial charge in [0.05, 0.1) is 33.7 Å². The zero-order chi connectivity index (χ0) is 45.5. The number of anilines is 1. The molecule has 2 aromatic heterocycles. The van der Waals surface area contributed by atoms with Crippen LogP contribution < -0.4 is 19.1 Å². The maximum Gasteiger partial charge on any atom is 0.277 e. The topological polar surface area (TPSA) is 160 Å². The quantitative estimate of drug-likeness (QED) is 0.0911. The molecule has 13 nitrogen and oxygen atoms in total. The molecule has 3 aromatic carbocycles. The van der Waals surface area contributed by atoms with E-state index in [0.29, 0.717) is 35.9 Å². The van der Waals surface area contributed by atoms with Gasteiger partial charge >= 0.3 is 0 Å². The molecule has 4 heterocycles. The first kappa shape index (κ1) is 44.7. The molecule has 0 bridgehead atoms. The zero-order valence-electron chi connectivity index (χ0n) is 37.3. The van der Waals surface area contributed by atoms with Gasteiger partial charge in [-0.05, 0) is 103 Å². The number of nitrogens with zero attached hydrogens (tertiary/aromatic N) is 4. The van der Waals surface area contributed by atoms with Crippen LogP contribution in [0.2, 0.25) is 5.02 Å². The molecule has 1 amide bonds. The number of carbonyl (C=O) groups excluding carboxylic acids is 1. The van der Waals surface area contributed by atoms with Crippen LogP contribution in [0.15, 0.2) is 89.6 Å². The van der Waals surface area contributed by atoms with Crippen molar-refractivity contribution in [1.82, 2.24) is 19.6 Å². The minimum atomic E-state index is -4.61. The van der Waals surface area contributed by atoms with Gasteiger partial charge < -0.3 is 19.4 Å². The molecule has 342 valence electrons. The number of carbonyl (C=O) groups is 1. The Balaban J connectivity index is 0.933. The van der Waals surface area contributed by atoms with Gasteiger partial charge in [0.15, 0.2) is 0 Å². The molecule has 5 aromatic rings. The zero-order valence-corrected chi connectivity index (χ0v) is 38.8. The van der Waals surface area contributed by atoms with E-state index in [0.717, 1.165) is 99.3 Å². The highest BCUT2D eigenvalue weighted by atomic mass is 35.5. The number of nitro groups is 1. The summed E-state index contributed by atoms with van der Waals surface area (Å²) in [5.74, 6) is 1.07. The molecular weight excluding hydrogens is 864 g/mol. The number of H-pyrrole nitrogens is 1. The number of aromatic nitrogens is 2. The highest BCUT2D eigenvalue weighted by molar-refractivity contribution is 7.90. The number of fused-ring (bicyclic) bond motifs is 2. The number of aromatic amines is 1. The SMILES string of the molecule is CC1CCC(C[C@H]2COc3cc(S(=O)(=O)NC(=O)c4ccc(N5CCN(CC6=C(c7ccc(Cl)cc7)CC(C)(C)CC6)CC5)cc4Oc4cnc5[nH]ccc5c4)cc([N+](=O)[O-])c3C2)CC1. The standard InChI is InChI=1S/C50H57ClN6O7S/c1-32-4-6-33(7-5-32)22-34-23-43-45(57(59)60)26-41(27-46(43)63-31-34)65(61,62)54-49(58)42-13-12-39(25-47(42)64-40-24-36-15-17-52-48(36)53-29-40)56-20-18-55(19-21-56)30-37-14-16-50(2,3)28-44(37)35-8-10-38(51)11-9-35/h8-13,15,17,24-27,29,32-34H,4-7,14,16,18-23,28,30-31H2,1-3H3,(H,52,53)(H,54,58)/t32?,33?,34-/m1/s1. The molecule has 1 saturated carbocycles. The molecule has 0 radical (unpaired) electrons. The van der Waals surface area contributed by atoms with Crippen molar-refractivity contribution in [3.05, 3.63) is 117 Å². The fraction of sp³-hybridized carbons (Fsp3) is 0.440. The van der Waals surface area contributed by atoms with Gasteiger partial charge in [-0.25, -0.2) is 18.1 Å². The van der Waals surface area contributed by atoms with Gasteiger partial charge in [-0.15, -0.1) is 0 Å². The number of nitro benzene ring substituents is 1. The van der Waals surface area contributed by atoms with E-state index in [9.17, 15) is 23.3 Å². The Morgan fingerprint density at radius 3 is 2.54 bits per heavy atom. The van der Waals surface area contributed by atoms with Crippen LogP contribution in [0.5, 0.6) is 17.2 Å². The van der Waals surface area contributed by atoms with Crippen molar-refractivity contribution >= 4 is 55.5 Å². The largest absolute Gasteiger partial charge is 0.493 e. The highest BCUT2D eigenvalue weighted by Crippen LogP contribution is 2.44. The maximum atomic E-state index is 14.1. The van der Waals surface area contributed by atoms with Gasteiger partial charge in [-0.2, -0.15) is 0 Å². The number of halogens is 1. The van der Waals surface area contributed by atoms with Crippen molar-refractivity contribution in [3.8, 4) is 17.2 Å². The summed E-state index contributed by atoms with van der Waals surface area (Å²) in [4.78, 5) is 37.7. The molecule has 0 unspecified atom stereocenters. The summed E-state index contributed by atoms with van der Waals surface area (Å²) in [6, 6.07) is 19.3. The number of benzene rings is 3. The smallest absolute Gasteiger partial charge is 0.277 e. The minimum Gasteiger partial charge on any atom is -0.493 e. The Bertz CT molecular complexity index is 2740. The number of piperazine rings is 1. The van der Waals surface area contributed by atoms with Crippen molar-refractivity contribution < 1.29 is 27.6 Å². The molecule has 2 N–H and O–H groups in total. The van der Waals surface area contributed by atoms with Crippen LogP contribution in [0, 0.1) is 33.3 Å². The number of ether oxygens (including phenoxy) is 2. The first-order valence-electron chi connectivity index (χ1n) is 22.9. The van der Waals surface area contributed by atoms with Crippen LogP contribution >= 0.6 is 11.6 Å². The Labute approximate surface area is 385 Å². The van der Waals surface area contributed by atoms with Crippen LogP contribution in [0.25, 0.3) is 16.6 Å². The maximum absolute atomic E-state index is 14.1. The van der Waals surface area contributed by atoms with Crippen molar-refractivity contribution in [3.63, 3.8) is 0 Å². The fourth-order valence-electron chi connectivity index (χ4n) is 10.2. The Morgan fingerprint density at radius 1 is 1.02 bits per heavy atom. The lowest BCUT2D eigenvalue weighted by molar-refractivity contribution is -0.386. The van der Waals surface area contributed by atoms with Crippen LogP contribution in [-0.4, -0.2) is 73.4 Å². The lowest BCUT2D eigenvalue weighted by Crippen LogP contribution is -2.47. The number of sulfonamides is 1. The Hall–Kier alpha value is -5.44. The van der Waals surface area contributed by atoms with E-state index in [4.69, 9.17) is 21.1 Å². The van der Waals surface area contributed by atoms with E-state index in [1.807, 2.05) is 18.2 Å². The summed E-state index contributed by atoms with van der Waals surface area (Å²) in [6.45, 7) is 11.3. The van der Waals surface area contributed by atoms with Crippen molar-refractivity contribution in [2.45, 2.75) is 83.5 Å². The van der Waals surface area contributed by atoms with Crippen LogP contribution in [-0.2, 0) is 16.4 Å². The first-order chi connectivity index (χ1) is 31.2. The second-order valence-corrected chi connectivity index (χ2v) is 21.5. The molecule has 9 rings (SSSR count). The summed E-state index contributed by atoms with van der Waals surface area (Å²) < 4.78 is 42.5. The van der Waals surface area contributed by atoms with Crippen molar-refractivity contribution in [2.75, 3.05) is 44.2 Å². The molecule has 1 atom stereocenters. The van der Waals surface area contributed by atoms with E-state index in [2.05, 4.69) is 57.4 Å². The summed E-state index contributed by atoms with van der Waals surface area (Å²) in [5.41, 5.74) is 5.84. The van der Waals surface area contributed by atoms with Crippen molar-refractivity contribution in [1.29, 1.82) is 0 Å². The number of pyridine rings is 1. The molecule has 4 aliphatic rings. The van der Waals surface area contributed by atoms with Crippen LogP contribution in [0.3, 0.4) is 0 Å². The first-order valence-corrected chi connectivity index (χ1v) is 24.7. The number of allylic oxidation sites excluding steroid dienone is 1. The summed E-state index contributed by atoms with van der Waals surface area (Å²) in [6.07, 6.45) is 12.5. The van der Waals surface area contributed by atoms with E-state index in [-0.39, 0.29) is 34.1 Å². The molecule has 1 saturated heterocycles. The summed E-state index contributed by atoms with van der Waals surface area (Å²) in [7, 11) is -4.61. The van der Waals surface area contributed by atoms with Crippen LogP contribution in [0.1, 0.15) is 93.6 Å². The second-order valence-electron chi connectivity index (χ2n) is 19.4. The molecule has 15 heteroatoms. The Morgan fingerprint density at radius 2 is 1.78 bits per heavy atom. The average Bonchev–Trinajstić information content (AvgIpc) is 3.76. The van der Waals surface area contributed by atoms with E-state index < -0.39 is 25.7 Å². The number of hydrogen-bond acceptors (Lipinski definition) is 10. The van der Waals surface area contributed by atoms with Gasteiger partial charge in [-0.3, -0.25) is 19.8 Å². The van der Waals surface area contributed by atoms with Gasteiger partial charge in [0, 0.05) is 73.2 Å². The minimum absolute atomic E-state index is 0.0318. The van der Waals surface area contributed by atoms with E-state index in [1.165, 1.54) is 41.8 Å². The third-order valence-electron chi connectivity index (χ3n) is 14.0. The molecule has 65 heavy (non-hydrogen) atoms. The van der Waals surface area contributed by atoms with Gasteiger partial charge in [0.2, 0.25) is 0 Å². The normalized spacial score (nSPS) is 21.4. The van der Waals surface area contributed by atoms with Crippen LogP contribution in [0.4, 0.5) is 11.4 Å². The molecule has 2 aliphatic carbocycles. The molecule has 0 spiro atoms. The lowest BCUT2D eigenvalue weighted by atomic mass is 9.72.